The molecule has 1 aromatic carbocycles. The maximum Gasteiger partial charge on any atom is 0.175 e. The predicted molar refractivity (Wildman–Crippen MR) is 62.6 cm³/mol. The summed E-state index contributed by atoms with van der Waals surface area (Å²) in [5, 5.41) is 3.34. The van der Waals surface area contributed by atoms with Gasteiger partial charge in [0.05, 0.1) is 4.90 Å². The van der Waals surface area contributed by atoms with Gasteiger partial charge in [0.2, 0.25) is 0 Å². The smallest absolute Gasteiger partial charge is 0.175 e. The van der Waals surface area contributed by atoms with Crippen LogP contribution in [-0.2, 0) is 9.84 Å². The molecule has 0 aliphatic heterocycles. The summed E-state index contributed by atoms with van der Waals surface area (Å²) in [6, 6.07) is 6.48. The molecule has 16 heavy (non-hydrogen) atoms. The molecule has 0 radical (unpaired) electrons. The second kappa shape index (κ2) is 5.34. The summed E-state index contributed by atoms with van der Waals surface area (Å²) in [4.78, 5) is 2.90. The number of sulfone groups is 1. The molecule has 0 bridgehead atoms. The molecule has 0 saturated heterocycles. The van der Waals surface area contributed by atoms with Crippen LogP contribution in [0.1, 0.15) is 5.56 Å². The maximum atomic E-state index is 11.2. The van der Waals surface area contributed by atoms with Gasteiger partial charge in [0.25, 0.3) is 0 Å². The van der Waals surface area contributed by atoms with Crippen LogP contribution in [0.5, 0.6) is 0 Å². The van der Waals surface area contributed by atoms with E-state index >= 15 is 0 Å². The lowest BCUT2D eigenvalue weighted by Crippen LogP contribution is -1.96. The third-order valence-electron chi connectivity index (χ3n) is 1.87. The van der Waals surface area contributed by atoms with Gasteiger partial charge in [-0.1, -0.05) is 29.4 Å². The highest BCUT2D eigenvalue weighted by Crippen LogP contribution is 2.11. The van der Waals surface area contributed by atoms with E-state index in [9.17, 15) is 8.42 Å². The van der Waals surface area contributed by atoms with E-state index in [-0.39, 0.29) is 6.54 Å². The van der Waals surface area contributed by atoms with Crippen LogP contribution in [0.4, 0.5) is 0 Å². The average molecular weight is 237 g/mol. The Morgan fingerprint density at radius 2 is 2.00 bits per heavy atom. The van der Waals surface area contributed by atoms with Crippen molar-refractivity contribution in [1.82, 2.24) is 0 Å². The van der Waals surface area contributed by atoms with E-state index in [1.165, 1.54) is 6.26 Å². The maximum absolute atomic E-state index is 11.2. The molecule has 0 N–H and O–H groups in total. The molecular formula is C10H11N3O2S. The summed E-state index contributed by atoms with van der Waals surface area (Å²) in [5.74, 6) is 0. The third-order valence-corrected chi connectivity index (χ3v) is 3.00. The summed E-state index contributed by atoms with van der Waals surface area (Å²) in [7, 11) is -3.14. The van der Waals surface area contributed by atoms with Crippen LogP contribution in [0.25, 0.3) is 16.5 Å². The van der Waals surface area contributed by atoms with Crippen molar-refractivity contribution in [3.63, 3.8) is 0 Å². The largest absolute Gasteiger partial charge is 0.224 e. The predicted octanol–water partition coefficient (Wildman–Crippen LogP) is 2.41. The minimum absolute atomic E-state index is 0.282. The molecule has 0 atom stereocenters. The van der Waals surface area contributed by atoms with Crippen LogP contribution in [-0.4, -0.2) is 21.2 Å². The molecule has 1 rings (SSSR count). The Balaban J connectivity index is 2.80. The SMILES string of the molecule is CS(=O)(=O)c1ccc(C=CCN=[N+]=[N-])cc1. The highest BCUT2D eigenvalue weighted by molar-refractivity contribution is 7.90. The van der Waals surface area contributed by atoms with Gasteiger partial charge in [-0.3, -0.25) is 0 Å². The fourth-order valence-electron chi connectivity index (χ4n) is 1.10. The number of benzene rings is 1. The first-order valence-corrected chi connectivity index (χ1v) is 6.40. The molecule has 0 aliphatic carbocycles. The van der Waals surface area contributed by atoms with Gasteiger partial charge in [0.15, 0.2) is 9.84 Å². The molecule has 0 aromatic heterocycles. The highest BCUT2D eigenvalue weighted by Gasteiger charge is 2.04. The first-order chi connectivity index (χ1) is 7.54. The van der Waals surface area contributed by atoms with Crippen molar-refractivity contribution in [2.24, 2.45) is 5.11 Å². The van der Waals surface area contributed by atoms with E-state index in [1.807, 2.05) is 0 Å². The van der Waals surface area contributed by atoms with Gasteiger partial charge in [-0.05, 0) is 23.2 Å². The molecule has 0 unspecified atom stereocenters. The lowest BCUT2D eigenvalue weighted by atomic mass is 10.2. The first kappa shape index (κ1) is 12.3. The van der Waals surface area contributed by atoms with Crippen molar-refractivity contribution in [3.8, 4) is 0 Å². The van der Waals surface area contributed by atoms with Gasteiger partial charge < -0.3 is 0 Å². The van der Waals surface area contributed by atoms with Crippen molar-refractivity contribution < 1.29 is 8.42 Å². The molecule has 1 aromatic rings. The quantitative estimate of drug-likeness (QED) is 0.457. The van der Waals surface area contributed by atoms with E-state index in [0.29, 0.717) is 4.90 Å². The number of azide groups is 1. The Bertz CT molecular complexity index is 526. The van der Waals surface area contributed by atoms with Crippen molar-refractivity contribution in [3.05, 3.63) is 46.3 Å². The molecule has 5 nitrogen and oxygen atoms in total. The van der Waals surface area contributed by atoms with Gasteiger partial charge in [-0.15, -0.1) is 0 Å². The van der Waals surface area contributed by atoms with Gasteiger partial charge >= 0.3 is 0 Å². The number of hydrogen-bond acceptors (Lipinski definition) is 3. The van der Waals surface area contributed by atoms with E-state index in [1.54, 1.807) is 36.4 Å². The zero-order chi connectivity index (χ0) is 12.0. The van der Waals surface area contributed by atoms with Crippen LogP contribution >= 0.6 is 0 Å². The van der Waals surface area contributed by atoms with Crippen molar-refractivity contribution >= 4 is 15.9 Å². The molecule has 0 heterocycles. The van der Waals surface area contributed by atoms with Crippen molar-refractivity contribution in [2.45, 2.75) is 4.90 Å². The molecule has 0 aliphatic rings. The monoisotopic (exact) mass is 237 g/mol. The average Bonchev–Trinajstić information content (AvgIpc) is 2.24. The number of rotatable bonds is 4. The van der Waals surface area contributed by atoms with Crippen molar-refractivity contribution in [2.75, 3.05) is 12.8 Å². The Kier molecular flexibility index (Phi) is 4.10. The Labute approximate surface area is 94.0 Å². The summed E-state index contributed by atoms with van der Waals surface area (Å²) >= 11 is 0. The Morgan fingerprint density at radius 3 is 2.50 bits per heavy atom. The van der Waals surface area contributed by atoms with Crippen LogP contribution in [0, 0.1) is 0 Å². The molecule has 84 valence electrons. The standard InChI is InChI=1S/C10H11N3O2S/c1-16(14,15)10-6-4-9(5-7-10)3-2-8-12-13-11/h2-7H,8H2,1H3. The van der Waals surface area contributed by atoms with Crippen LogP contribution < -0.4 is 0 Å². The van der Waals surface area contributed by atoms with Crippen LogP contribution in [0.3, 0.4) is 0 Å². The molecule has 0 saturated carbocycles. The second-order valence-electron chi connectivity index (χ2n) is 3.16. The van der Waals surface area contributed by atoms with Gasteiger partial charge in [-0.25, -0.2) is 8.42 Å². The molecule has 6 heteroatoms. The molecule has 0 fully saturated rings. The molecule has 0 amide bonds. The van der Waals surface area contributed by atoms with E-state index < -0.39 is 9.84 Å². The fourth-order valence-corrected chi connectivity index (χ4v) is 1.73. The topological polar surface area (TPSA) is 82.9 Å². The minimum atomic E-state index is -3.14. The van der Waals surface area contributed by atoms with Gasteiger partial charge in [0, 0.05) is 17.7 Å². The van der Waals surface area contributed by atoms with Crippen molar-refractivity contribution in [1.29, 1.82) is 0 Å². The van der Waals surface area contributed by atoms with Crippen LogP contribution in [0.2, 0.25) is 0 Å². The lowest BCUT2D eigenvalue weighted by molar-refractivity contribution is 0.602. The highest BCUT2D eigenvalue weighted by atomic mass is 32.2. The molecular weight excluding hydrogens is 226 g/mol. The second-order valence-corrected chi connectivity index (χ2v) is 5.17. The van der Waals surface area contributed by atoms with E-state index in [4.69, 9.17) is 5.53 Å². The first-order valence-electron chi connectivity index (χ1n) is 4.51. The van der Waals surface area contributed by atoms with Gasteiger partial charge in [-0.2, -0.15) is 0 Å². The minimum Gasteiger partial charge on any atom is -0.224 e. The summed E-state index contributed by atoms with van der Waals surface area (Å²) < 4.78 is 22.3. The normalized spacial score (nSPS) is 11.3. The molecule has 0 spiro atoms. The van der Waals surface area contributed by atoms with Crippen LogP contribution in [0.15, 0.2) is 40.4 Å². The Hall–Kier alpha value is -1.78. The van der Waals surface area contributed by atoms with E-state index in [0.717, 1.165) is 5.56 Å². The Morgan fingerprint density at radius 1 is 1.38 bits per heavy atom. The number of nitrogens with zero attached hydrogens (tertiary/aromatic N) is 3. The van der Waals surface area contributed by atoms with E-state index in [2.05, 4.69) is 10.0 Å². The lowest BCUT2D eigenvalue weighted by Gasteiger charge is -1.98. The fraction of sp³-hybridized carbons (Fsp3) is 0.200. The zero-order valence-corrected chi connectivity index (χ0v) is 9.55. The summed E-state index contributed by atoms with van der Waals surface area (Å²) in [6.07, 6.45) is 4.63. The zero-order valence-electron chi connectivity index (χ0n) is 8.74. The summed E-state index contributed by atoms with van der Waals surface area (Å²) in [5.41, 5.74) is 8.91. The van der Waals surface area contributed by atoms with Gasteiger partial charge in [0.1, 0.15) is 0 Å². The third kappa shape index (κ3) is 3.76. The number of hydrogen-bond donors (Lipinski definition) is 0. The summed E-state index contributed by atoms with van der Waals surface area (Å²) in [6.45, 7) is 0.282.